The number of nitrogens with zero attached hydrogens (tertiary/aromatic N) is 1. The van der Waals surface area contributed by atoms with Crippen molar-refractivity contribution < 1.29 is 24.3 Å². The molecular weight excluding hydrogens is 410 g/mol. The van der Waals surface area contributed by atoms with Crippen molar-refractivity contribution in [2.75, 3.05) is 5.23 Å². The lowest BCUT2D eigenvalue weighted by atomic mass is 10.1. The first-order valence-corrected chi connectivity index (χ1v) is 9.11. The van der Waals surface area contributed by atoms with Gasteiger partial charge in [-0.15, -0.1) is 0 Å². The van der Waals surface area contributed by atoms with E-state index in [1.165, 1.54) is 36.4 Å². The van der Waals surface area contributed by atoms with Crippen molar-refractivity contribution in [2.24, 2.45) is 0 Å². The van der Waals surface area contributed by atoms with Crippen molar-refractivity contribution in [3.63, 3.8) is 0 Å². The molecule has 0 saturated carbocycles. The van der Waals surface area contributed by atoms with E-state index < -0.39 is 5.97 Å². The Morgan fingerprint density at radius 1 is 1.10 bits per heavy atom. The quantitative estimate of drug-likeness (QED) is 0.277. The Kier molecular flexibility index (Phi) is 5.24. The molecule has 0 unspecified atom stereocenters. The average Bonchev–Trinajstić information content (AvgIpc) is 3.03. The summed E-state index contributed by atoms with van der Waals surface area (Å²) >= 11 is 5.81. The smallest absolute Gasteiger partial charge is 0.343 e. The maximum absolute atomic E-state index is 12.6. The van der Waals surface area contributed by atoms with Crippen LogP contribution in [-0.4, -0.2) is 17.0 Å². The number of carbonyl (C=O) groups excluding carboxylic acids is 2. The molecule has 3 aromatic rings. The third-order valence-corrected chi connectivity index (χ3v) is 4.57. The predicted molar refractivity (Wildman–Crippen MR) is 110 cm³/mol. The van der Waals surface area contributed by atoms with Crippen LogP contribution in [0.3, 0.4) is 0 Å². The van der Waals surface area contributed by atoms with Gasteiger partial charge in [0.2, 0.25) is 5.78 Å². The van der Waals surface area contributed by atoms with Crippen molar-refractivity contribution in [3.05, 3.63) is 99.4 Å². The van der Waals surface area contributed by atoms with Crippen molar-refractivity contribution in [2.45, 2.75) is 0 Å². The minimum atomic E-state index is -0.574. The molecule has 0 atom stereocenters. The van der Waals surface area contributed by atoms with Crippen LogP contribution in [0.5, 0.6) is 11.5 Å². The molecule has 0 aliphatic carbocycles. The molecule has 0 aromatic heterocycles. The molecule has 30 heavy (non-hydrogen) atoms. The van der Waals surface area contributed by atoms with Crippen molar-refractivity contribution >= 4 is 35.1 Å². The summed E-state index contributed by atoms with van der Waals surface area (Å²) in [4.78, 5) is 24.8. The number of benzene rings is 3. The molecule has 0 amide bonds. The van der Waals surface area contributed by atoms with E-state index in [-0.39, 0.29) is 34.0 Å². The lowest BCUT2D eigenvalue weighted by Gasteiger charge is -2.21. The highest BCUT2D eigenvalue weighted by molar-refractivity contribution is 6.30. The third kappa shape index (κ3) is 4.04. The van der Waals surface area contributed by atoms with Gasteiger partial charge in [0.15, 0.2) is 5.76 Å². The van der Waals surface area contributed by atoms with Crippen LogP contribution in [-0.2, 0) is 0 Å². The van der Waals surface area contributed by atoms with Crippen LogP contribution >= 0.6 is 11.6 Å². The van der Waals surface area contributed by atoms with E-state index in [0.29, 0.717) is 21.7 Å². The van der Waals surface area contributed by atoms with E-state index in [4.69, 9.17) is 26.3 Å². The maximum atomic E-state index is 12.6. The second-order valence-corrected chi connectivity index (χ2v) is 6.80. The topological polar surface area (TPSA) is 99.1 Å². The van der Waals surface area contributed by atoms with Crippen molar-refractivity contribution in [1.29, 1.82) is 0 Å². The zero-order valence-electron chi connectivity index (χ0n) is 15.2. The molecule has 1 aliphatic heterocycles. The monoisotopic (exact) mass is 422 g/mol. The van der Waals surface area contributed by atoms with Crippen molar-refractivity contribution in [3.8, 4) is 11.5 Å². The number of carbonyl (C=O) groups is 2. The Balaban J connectivity index is 1.54. The lowest BCUT2D eigenvalue weighted by molar-refractivity contribution is 0.0734. The Hall–Kier alpha value is -3.65. The highest BCUT2D eigenvalue weighted by atomic mass is 35.5. The SMILES string of the molecule is O=C(Oc1ccc2c(c1)OC(=Cc1cccc(N([O-])O)c1)C2=O)c1ccc(Cl)cc1. The summed E-state index contributed by atoms with van der Waals surface area (Å²) in [6.45, 7) is 0. The van der Waals surface area contributed by atoms with Gasteiger partial charge in [-0.3, -0.25) is 10.0 Å². The van der Waals surface area contributed by atoms with Crippen LogP contribution in [0.25, 0.3) is 6.08 Å². The first kappa shape index (κ1) is 19.7. The highest BCUT2D eigenvalue weighted by Gasteiger charge is 2.28. The molecule has 7 nitrogen and oxygen atoms in total. The van der Waals surface area contributed by atoms with Crippen LogP contribution < -0.4 is 14.7 Å². The minimum Gasteiger partial charge on any atom is -0.733 e. The number of Topliss-reactive ketones (excluding diaryl/α,β-unsaturated/α-hetero) is 1. The van der Waals surface area contributed by atoms with Gasteiger partial charge >= 0.3 is 5.97 Å². The number of fused-ring (bicyclic) bond motifs is 1. The summed E-state index contributed by atoms with van der Waals surface area (Å²) in [5.74, 6) is -0.425. The standard InChI is InChI=1S/C22H13ClNO6/c23-15-6-4-14(5-7-15)22(26)29-17-8-9-18-19(12-17)30-20(21(18)25)11-13-2-1-3-16(10-13)24(27)28/h1-12,27H/q-1. The summed E-state index contributed by atoms with van der Waals surface area (Å²) in [5.41, 5.74) is 1.15. The summed E-state index contributed by atoms with van der Waals surface area (Å²) < 4.78 is 11.0. The predicted octanol–water partition coefficient (Wildman–Crippen LogP) is 4.87. The molecule has 0 fully saturated rings. The second-order valence-electron chi connectivity index (χ2n) is 6.36. The Morgan fingerprint density at radius 2 is 1.87 bits per heavy atom. The number of halogens is 1. The van der Waals surface area contributed by atoms with Gasteiger partial charge in [0.1, 0.15) is 11.5 Å². The number of ketones is 1. The fourth-order valence-corrected chi connectivity index (χ4v) is 2.99. The van der Waals surface area contributed by atoms with Crippen molar-refractivity contribution in [1.82, 2.24) is 0 Å². The zero-order valence-corrected chi connectivity index (χ0v) is 16.0. The van der Waals surface area contributed by atoms with Gasteiger partial charge in [0, 0.05) is 11.1 Å². The molecule has 0 saturated heterocycles. The van der Waals surface area contributed by atoms with E-state index >= 15 is 0 Å². The largest absolute Gasteiger partial charge is 0.733 e. The van der Waals surface area contributed by atoms with Crippen LogP contribution in [0.4, 0.5) is 5.69 Å². The Bertz CT molecular complexity index is 1170. The van der Waals surface area contributed by atoms with E-state index in [9.17, 15) is 14.8 Å². The Labute approximate surface area is 175 Å². The molecule has 1 aliphatic rings. The average molecular weight is 423 g/mol. The molecule has 3 aromatic carbocycles. The summed E-state index contributed by atoms with van der Waals surface area (Å²) in [6, 6.07) is 16.7. The molecule has 8 heteroatoms. The van der Waals surface area contributed by atoms with E-state index in [2.05, 4.69) is 0 Å². The number of rotatable bonds is 4. The lowest BCUT2D eigenvalue weighted by Crippen LogP contribution is -2.08. The first-order chi connectivity index (χ1) is 14.4. The fraction of sp³-hybridized carbons (Fsp3) is 0. The van der Waals surface area contributed by atoms with Gasteiger partial charge in [-0.2, -0.15) is 0 Å². The molecular formula is C22H13ClNO6-. The molecule has 150 valence electrons. The molecule has 1 N–H and O–H groups in total. The van der Waals surface area contributed by atoms with E-state index in [1.807, 2.05) is 0 Å². The molecule has 0 bridgehead atoms. The molecule has 0 spiro atoms. The zero-order chi connectivity index (χ0) is 21.3. The highest BCUT2D eigenvalue weighted by Crippen LogP contribution is 2.35. The molecule has 0 radical (unpaired) electrons. The number of esters is 1. The van der Waals surface area contributed by atoms with Gasteiger partial charge in [-0.1, -0.05) is 23.7 Å². The first-order valence-electron chi connectivity index (χ1n) is 8.73. The number of allylic oxidation sites excluding steroid dienone is 1. The summed E-state index contributed by atoms with van der Waals surface area (Å²) in [6.07, 6.45) is 1.45. The van der Waals surface area contributed by atoms with Crippen LogP contribution in [0.2, 0.25) is 5.02 Å². The fourth-order valence-electron chi connectivity index (χ4n) is 2.87. The van der Waals surface area contributed by atoms with E-state index in [0.717, 1.165) is 0 Å². The maximum Gasteiger partial charge on any atom is 0.343 e. The van der Waals surface area contributed by atoms with Gasteiger partial charge in [0.25, 0.3) is 0 Å². The number of hydrogen-bond donors (Lipinski definition) is 1. The van der Waals surface area contributed by atoms with Crippen LogP contribution in [0.1, 0.15) is 26.3 Å². The number of hydrogen-bond acceptors (Lipinski definition) is 7. The minimum absolute atomic E-state index is 0.0173. The normalized spacial score (nSPS) is 13.7. The van der Waals surface area contributed by atoms with Gasteiger partial charge in [-0.05, 0) is 60.2 Å². The summed E-state index contributed by atoms with van der Waals surface area (Å²) in [5, 5.41) is 20.3. The van der Waals surface area contributed by atoms with Gasteiger partial charge < -0.3 is 19.9 Å². The van der Waals surface area contributed by atoms with E-state index in [1.54, 1.807) is 36.4 Å². The van der Waals surface area contributed by atoms with Gasteiger partial charge in [0.05, 0.1) is 16.8 Å². The molecule has 1 heterocycles. The second kappa shape index (κ2) is 8.00. The number of ether oxygens (including phenoxy) is 2. The van der Waals surface area contributed by atoms with Crippen LogP contribution in [0, 0.1) is 5.21 Å². The van der Waals surface area contributed by atoms with Crippen LogP contribution in [0.15, 0.2) is 72.5 Å². The summed E-state index contributed by atoms with van der Waals surface area (Å²) in [7, 11) is 0. The van der Waals surface area contributed by atoms with Gasteiger partial charge in [-0.25, -0.2) is 4.79 Å². The molecule has 4 rings (SSSR count). The Morgan fingerprint density at radius 3 is 2.60 bits per heavy atom. The third-order valence-electron chi connectivity index (χ3n) is 4.32. The number of anilines is 1.